The molecule has 0 saturated carbocycles. The standard InChI is InChI=1S/C11H14N4O2/c1-13-6-8-14-9(11(16)17-2)10-7(12)4-3-5-15(8)10/h3-5,13H,6,12H2,1-2H3. The van der Waals surface area contributed by atoms with Crippen LogP contribution in [-0.4, -0.2) is 29.5 Å². The minimum atomic E-state index is -0.484. The Hall–Kier alpha value is -2.08. The van der Waals surface area contributed by atoms with Gasteiger partial charge in [-0.15, -0.1) is 0 Å². The van der Waals surface area contributed by atoms with Crippen LogP contribution in [0.3, 0.4) is 0 Å². The number of nitrogens with two attached hydrogens (primary N) is 1. The van der Waals surface area contributed by atoms with E-state index in [0.717, 1.165) is 5.82 Å². The molecule has 0 aliphatic heterocycles. The molecule has 0 spiro atoms. The van der Waals surface area contributed by atoms with Gasteiger partial charge in [0.2, 0.25) is 0 Å². The van der Waals surface area contributed by atoms with Crippen LogP contribution in [0.5, 0.6) is 0 Å². The van der Waals surface area contributed by atoms with Gasteiger partial charge in [-0.3, -0.25) is 4.40 Å². The first-order valence-corrected chi connectivity index (χ1v) is 5.17. The van der Waals surface area contributed by atoms with Crippen molar-refractivity contribution in [1.29, 1.82) is 0 Å². The maximum atomic E-state index is 11.6. The molecule has 0 aromatic carbocycles. The zero-order valence-corrected chi connectivity index (χ0v) is 9.73. The van der Waals surface area contributed by atoms with Crippen LogP contribution in [-0.2, 0) is 11.3 Å². The lowest BCUT2D eigenvalue weighted by molar-refractivity contribution is 0.0597. The van der Waals surface area contributed by atoms with Gasteiger partial charge < -0.3 is 15.8 Å². The van der Waals surface area contributed by atoms with E-state index in [1.807, 2.05) is 19.3 Å². The highest BCUT2D eigenvalue weighted by Crippen LogP contribution is 2.20. The van der Waals surface area contributed by atoms with E-state index in [-0.39, 0.29) is 5.69 Å². The first kappa shape index (κ1) is 11.4. The number of fused-ring (bicyclic) bond motifs is 1. The molecule has 2 aromatic rings. The van der Waals surface area contributed by atoms with E-state index in [9.17, 15) is 4.79 Å². The Labute approximate surface area is 98.4 Å². The number of nitrogens with zero attached hydrogens (tertiary/aromatic N) is 2. The highest BCUT2D eigenvalue weighted by molar-refractivity contribution is 5.98. The minimum absolute atomic E-state index is 0.246. The summed E-state index contributed by atoms with van der Waals surface area (Å²) in [5.41, 5.74) is 7.21. The Morgan fingerprint density at radius 1 is 1.65 bits per heavy atom. The first-order valence-electron chi connectivity index (χ1n) is 5.17. The molecular weight excluding hydrogens is 220 g/mol. The number of methoxy groups -OCH3 is 1. The van der Waals surface area contributed by atoms with Crippen molar-refractivity contribution in [3.63, 3.8) is 0 Å². The summed E-state index contributed by atoms with van der Waals surface area (Å²) < 4.78 is 6.49. The second-order valence-electron chi connectivity index (χ2n) is 3.58. The van der Waals surface area contributed by atoms with Gasteiger partial charge >= 0.3 is 5.97 Å². The van der Waals surface area contributed by atoms with Gasteiger partial charge in [-0.25, -0.2) is 9.78 Å². The lowest BCUT2D eigenvalue weighted by Gasteiger charge is -2.02. The Morgan fingerprint density at radius 2 is 2.41 bits per heavy atom. The van der Waals surface area contributed by atoms with Gasteiger partial charge in [0, 0.05) is 6.20 Å². The molecule has 17 heavy (non-hydrogen) atoms. The summed E-state index contributed by atoms with van der Waals surface area (Å²) in [7, 11) is 3.13. The number of pyridine rings is 1. The van der Waals surface area contributed by atoms with Crippen LogP contribution in [0.1, 0.15) is 16.3 Å². The molecule has 2 heterocycles. The lowest BCUT2D eigenvalue weighted by Crippen LogP contribution is -2.09. The van der Waals surface area contributed by atoms with Crippen molar-refractivity contribution in [2.75, 3.05) is 19.9 Å². The summed E-state index contributed by atoms with van der Waals surface area (Å²) in [4.78, 5) is 15.9. The monoisotopic (exact) mass is 234 g/mol. The lowest BCUT2D eigenvalue weighted by atomic mass is 10.3. The summed E-state index contributed by atoms with van der Waals surface area (Å²) in [6.07, 6.45) is 1.82. The number of nitrogen functional groups attached to an aromatic ring is 1. The maximum absolute atomic E-state index is 11.6. The van der Waals surface area contributed by atoms with Crippen LogP contribution >= 0.6 is 0 Å². The van der Waals surface area contributed by atoms with E-state index in [4.69, 9.17) is 10.5 Å². The van der Waals surface area contributed by atoms with Crippen LogP contribution in [0.2, 0.25) is 0 Å². The fourth-order valence-electron chi connectivity index (χ4n) is 1.75. The smallest absolute Gasteiger partial charge is 0.359 e. The molecule has 2 aromatic heterocycles. The molecule has 3 N–H and O–H groups in total. The van der Waals surface area contributed by atoms with E-state index in [0.29, 0.717) is 17.7 Å². The van der Waals surface area contributed by atoms with Gasteiger partial charge in [-0.2, -0.15) is 0 Å². The van der Waals surface area contributed by atoms with Crippen molar-refractivity contribution >= 4 is 17.2 Å². The van der Waals surface area contributed by atoms with Crippen molar-refractivity contribution in [2.45, 2.75) is 6.54 Å². The Bertz CT molecular complexity index is 562. The van der Waals surface area contributed by atoms with Gasteiger partial charge in [0.25, 0.3) is 0 Å². The van der Waals surface area contributed by atoms with E-state index in [1.165, 1.54) is 7.11 Å². The number of nitrogens with one attached hydrogen (secondary N) is 1. The second kappa shape index (κ2) is 4.42. The number of hydrogen-bond acceptors (Lipinski definition) is 5. The number of ether oxygens (including phenoxy) is 1. The van der Waals surface area contributed by atoms with Gasteiger partial charge in [0.1, 0.15) is 11.3 Å². The van der Waals surface area contributed by atoms with Crippen LogP contribution in [0.4, 0.5) is 5.69 Å². The predicted molar refractivity (Wildman–Crippen MR) is 63.7 cm³/mol. The number of imidazole rings is 1. The van der Waals surface area contributed by atoms with Crippen LogP contribution in [0.15, 0.2) is 18.3 Å². The number of hydrogen-bond donors (Lipinski definition) is 2. The third-order valence-corrected chi connectivity index (χ3v) is 2.48. The van der Waals surface area contributed by atoms with Crippen LogP contribution < -0.4 is 11.1 Å². The number of rotatable bonds is 3. The van der Waals surface area contributed by atoms with Crippen molar-refractivity contribution < 1.29 is 9.53 Å². The number of aromatic nitrogens is 2. The highest BCUT2D eigenvalue weighted by Gasteiger charge is 2.19. The maximum Gasteiger partial charge on any atom is 0.359 e. The number of carbonyl (C=O) groups is 1. The van der Waals surface area contributed by atoms with Crippen molar-refractivity contribution in [3.8, 4) is 0 Å². The van der Waals surface area contributed by atoms with E-state index in [2.05, 4.69) is 10.3 Å². The summed E-state index contributed by atoms with van der Waals surface area (Å²) in [6, 6.07) is 3.54. The molecule has 90 valence electrons. The number of esters is 1. The van der Waals surface area contributed by atoms with Gasteiger partial charge in [-0.05, 0) is 19.2 Å². The Morgan fingerprint density at radius 3 is 3.06 bits per heavy atom. The normalized spacial score (nSPS) is 10.7. The summed E-state index contributed by atoms with van der Waals surface area (Å²) in [5, 5.41) is 2.99. The number of anilines is 1. The number of carbonyl (C=O) groups excluding carboxylic acids is 1. The molecule has 0 amide bonds. The fraction of sp³-hybridized carbons (Fsp3) is 0.273. The van der Waals surface area contributed by atoms with E-state index >= 15 is 0 Å². The predicted octanol–water partition coefficient (Wildman–Crippen LogP) is 0.422. The average molecular weight is 234 g/mol. The molecule has 0 bridgehead atoms. The van der Waals surface area contributed by atoms with E-state index in [1.54, 1.807) is 10.5 Å². The molecule has 0 fully saturated rings. The Kier molecular flexibility index (Phi) is 2.97. The minimum Gasteiger partial charge on any atom is -0.464 e. The third-order valence-electron chi connectivity index (χ3n) is 2.48. The molecule has 0 atom stereocenters. The van der Waals surface area contributed by atoms with Crippen molar-refractivity contribution in [3.05, 3.63) is 29.8 Å². The van der Waals surface area contributed by atoms with Gasteiger partial charge in [0.05, 0.1) is 19.3 Å². The van der Waals surface area contributed by atoms with Gasteiger partial charge in [-0.1, -0.05) is 0 Å². The molecule has 0 radical (unpaired) electrons. The topological polar surface area (TPSA) is 81.6 Å². The average Bonchev–Trinajstić information content (AvgIpc) is 2.69. The quantitative estimate of drug-likeness (QED) is 0.752. The zero-order chi connectivity index (χ0) is 12.4. The largest absolute Gasteiger partial charge is 0.464 e. The summed E-state index contributed by atoms with van der Waals surface area (Å²) in [6.45, 7) is 0.543. The van der Waals surface area contributed by atoms with Crippen molar-refractivity contribution in [2.24, 2.45) is 0 Å². The van der Waals surface area contributed by atoms with Crippen molar-refractivity contribution in [1.82, 2.24) is 14.7 Å². The molecule has 6 heteroatoms. The molecule has 6 nitrogen and oxygen atoms in total. The summed E-state index contributed by atoms with van der Waals surface area (Å²) in [5.74, 6) is 0.234. The van der Waals surface area contributed by atoms with Gasteiger partial charge in [0.15, 0.2) is 5.69 Å². The molecule has 0 aliphatic rings. The summed E-state index contributed by atoms with van der Waals surface area (Å²) >= 11 is 0. The molecule has 2 rings (SSSR count). The first-order chi connectivity index (χ1) is 8.19. The van der Waals surface area contributed by atoms with Crippen LogP contribution in [0, 0.1) is 0 Å². The fourth-order valence-corrected chi connectivity index (χ4v) is 1.75. The van der Waals surface area contributed by atoms with Crippen LogP contribution in [0.25, 0.3) is 5.52 Å². The molecule has 0 aliphatic carbocycles. The Balaban J connectivity index is 2.71. The zero-order valence-electron chi connectivity index (χ0n) is 9.73. The molecule has 0 unspecified atom stereocenters. The SMILES string of the molecule is CNCc1nc(C(=O)OC)c2c(N)cccn12. The third kappa shape index (κ3) is 1.83. The molecular formula is C11H14N4O2. The molecule has 0 saturated heterocycles. The van der Waals surface area contributed by atoms with E-state index < -0.39 is 5.97 Å². The highest BCUT2D eigenvalue weighted by atomic mass is 16.5. The second-order valence-corrected chi connectivity index (χ2v) is 3.58.